The second kappa shape index (κ2) is 13.2. The Hall–Kier alpha value is -2.42. The lowest BCUT2D eigenvalue weighted by Crippen LogP contribution is -2.46. The first kappa shape index (κ1) is 28.2. The molecule has 3 aliphatic rings. The predicted molar refractivity (Wildman–Crippen MR) is 119 cm³/mol. The van der Waals surface area contributed by atoms with Gasteiger partial charge in [0, 0.05) is 22.7 Å². The second-order valence-corrected chi connectivity index (χ2v) is 9.97. The molecule has 204 valence electrons. The Morgan fingerprint density at radius 2 is 1.44 bits per heavy atom. The number of nitrogens with zero attached hydrogens (tertiary/aromatic N) is 2. The summed E-state index contributed by atoms with van der Waals surface area (Å²) in [6.07, 6.45) is 3.82. The standard InChI is InChI=1S/C22H34N2O12/c25-21(26)20-16(4-2-6-19(20)24(30)31)22(27)35-14-7-9-15(10-8-14)36-34-11-13-3-1-5-18(23(28)29)17(13)12-33-32/h13-20,32H,1-12H2,(H,25,26). The van der Waals surface area contributed by atoms with Gasteiger partial charge in [0.2, 0.25) is 12.1 Å². The molecule has 14 nitrogen and oxygen atoms in total. The monoisotopic (exact) mass is 518 g/mol. The van der Waals surface area contributed by atoms with Crippen LogP contribution in [0.4, 0.5) is 0 Å². The first-order chi connectivity index (χ1) is 17.2. The number of carbonyl (C=O) groups is 2. The van der Waals surface area contributed by atoms with Crippen molar-refractivity contribution in [1.82, 2.24) is 0 Å². The highest BCUT2D eigenvalue weighted by Gasteiger charge is 2.49. The fourth-order valence-corrected chi connectivity index (χ4v) is 5.87. The molecule has 3 saturated carbocycles. The van der Waals surface area contributed by atoms with E-state index in [9.17, 15) is 34.9 Å². The molecule has 6 atom stereocenters. The Morgan fingerprint density at radius 1 is 0.833 bits per heavy atom. The molecule has 0 radical (unpaired) electrons. The highest BCUT2D eigenvalue weighted by atomic mass is 17.2. The van der Waals surface area contributed by atoms with Crippen molar-refractivity contribution in [2.45, 2.75) is 88.5 Å². The van der Waals surface area contributed by atoms with Crippen LogP contribution in [-0.2, 0) is 29.0 Å². The van der Waals surface area contributed by atoms with Crippen molar-refractivity contribution in [2.75, 3.05) is 13.2 Å². The van der Waals surface area contributed by atoms with E-state index in [1.54, 1.807) is 0 Å². The minimum Gasteiger partial charge on any atom is -0.481 e. The molecule has 36 heavy (non-hydrogen) atoms. The van der Waals surface area contributed by atoms with Gasteiger partial charge in [0.15, 0.2) is 0 Å². The van der Waals surface area contributed by atoms with Gasteiger partial charge in [-0.3, -0.25) is 35.1 Å². The molecule has 0 aliphatic heterocycles. The Balaban J connectivity index is 1.43. The summed E-state index contributed by atoms with van der Waals surface area (Å²) in [5, 5.41) is 40.9. The topological polar surface area (TPSA) is 198 Å². The molecule has 0 spiro atoms. The maximum Gasteiger partial charge on any atom is 0.314 e. The molecular formula is C22H34N2O12. The lowest BCUT2D eigenvalue weighted by molar-refractivity contribution is -0.541. The fourth-order valence-electron chi connectivity index (χ4n) is 5.87. The molecule has 0 aromatic heterocycles. The molecule has 0 aromatic carbocycles. The van der Waals surface area contributed by atoms with E-state index < -0.39 is 52.8 Å². The lowest BCUT2D eigenvalue weighted by Gasteiger charge is -2.33. The number of hydrogen-bond acceptors (Lipinski definition) is 11. The maximum absolute atomic E-state index is 12.7. The molecule has 0 amide bonds. The minimum absolute atomic E-state index is 0.123. The van der Waals surface area contributed by atoms with Crippen LogP contribution in [0, 0.1) is 43.9 Å². The zero-order valence-corrected chi connectivity index (χ0v) is 20.0. The third-order valence-electron chi connectivity index (χ3n) is 7.82. The van der Waals surface area contributed by atoms with E-state index in [4.69, 9.17) is 19.8 Å². The fraction of sp³-hybridized carbons (Fsp3) is 0.909. The molecule has 0 bridgehead atoms. The van der Waals surface area contributed by atoms with Crippen molar-refractivity contribution in [1.29, 1.82) is 0 Å². The summed E-state index contributed by atoms with van der Waals surface area (Å²) in [6.45, 7) is -0.0224. The van der Waals surface area contributed by atoms with Gasteiger partial charge in [0.1, 0.15) is 12.0 Å². The zero-order chi connectivity index (χ0) is 26.2. The summed E-state index contributed by atoms with van der Waals surface area (Å²) in [5.41, 5.74) is 0. The number of ether oxygens (including phenoxy) is 1. The molecule has 3 fully saturated rings. The normalized spacial score (nSPS) is 35.0. The van der Waals surface area contributed by atoms with Crippen LogP contribution in [0.15, 0.2) is 0 Å². The zero-order valence-electron chi connectivity index (χ0n) is 20.0. The average Bonchev–Trinajstić information content (AvgIpc) is 2.85. The Morgan fingerprint density at radius 3 is 2.06 bits per heavy atom. The molecule has 3 rings (SSSR count). The van der Waals surface area contributed by atoms with Crippen molar-refractivity contribution in [2.24, 2.45) is 23.7 Å². The first-order valence-corrected chi connectivity index (χ1v) is 12.5. The van der Waals surface area contributed by atoms with E-state index >= 15 is 0 Å². The quantitative estimate of drug-likeness (QED) is 0.176. The second-order valence-electron chi connectivity index (χ2n) is 9.97. The van der Waals surface area contributed by atoms with Crippen molar-refractivity contribution < 1.29 is 49.2 Å². The summed E-state index contributed by atoms with van der Waals surface area (Å²) in [7, 11) is 0. The van der Waals surface area contributed by atoms with E-state index in [1.807, 2.05) is 0 Å². The predicted octanol–water partition coefficient (Wildman–Crippen LogP) is 2.49. The van der Waals surface area contributed by atoms with Crippen LogP contribution < -0.4 is 0 Å². The van der Waals surface area contributed by atoms with Crippen molar-refractivity contribution in [3.63, 3.8) is 0 Å². The summed E-state index contributed by atoms with van der Waals surface area (Å²) < 4.78 is 5.54. The number of carboxylic acid groups (broad SMARTS) is 1. The number of carboxylic acids is 1. The van der Waals surface area contributed by atoms with Gasteiger partial charge in [0.25, 0.3) is 0 Å². The number of esters is 1. The molecule has 0 heterocycles. The van der Waals surface area contributed by atoms with Gasteiger partial charge < -0.3 is 9.84 Å². The molecule has 0 saturated heterocycles. The summed E-state index contributed by atoms with van der Waals surface area (Å²) in [4.78, 5) is 61.1. The minimum atomic E-state index is -1.40. The summed E-state index contributed by atoms with van der Waals surface area (Å²) in [6, 6.07) is -2.11. The van der Waals surface area contributed by atoms with Gasteiger partial charge in [-0.15, -0.1) is 0 Å². The average molecular weight is 519 g/mol. The number of carbonyl (C=O) groups excluding carboxylic acids is 1. The molecule has 2 N–H and O–H groups in total. The maximum atomic E-state index is 12.7. The van der Waals surface area contributed by atoms with Crippen LogP contribution in [0.25, 0.3) is 0 Å². The van der Waals surface area contributed by atoms with Crippen LogP contribution in [0.1, 0.15) is 64.2 Å². The van der Waals surface area contributed by atoms with Gasteiger partial charge in [-0.1, -0.05) is 0 Å². The highest BCUT2D eigenvalue weighted by molar-refractivity contribution is 5.82. The van der Waals surface area contributed by atoms with Crippen molar-refractivity contribution in [3.05, 3.63) is 20.2 Å². The van der Waals surface area contributed by atoms with Crippen LogP contribution >= 0.6 is 0 Å². The highest BCUT2D eigenvalue weighted by Crippen LogP contribution is 2.35. The van der Waals surface area contributed by atoms with Gasteiger partial charge in [-0.25, -0.2) is 14.7 Å². The van der Waals surface area contributed by atoms with E-state index in [0.29, 0.717) is 51.4 Å². The molecule has 14 heteroatoms. The Kier molecular flexibility index (Phi) is 10.3. The van der Waals surface area contributed by atoms with Crippen molar-refractivity contribution >= 4 is 11.9 Å². The number of aliphatic carboxylic acids is 1. The van der Waals surface area contributed by atoms with Crippen LogP contribution in [-0.4, -0.2) is 69.7 Å². The third-order valence-corrected chi connectivity index (χ3v) is 7.82. The van der Waals surface area contributed by atoms with Gasteiger partial charge in [-0.2, -0.15) is 0 Å². The van der Waals surface area contributed by atoms with E-state index in [0.717, 1.165) is 0 Å². The summed E-state index contributed by atoms with van der Waals surface area (Å²) >= 11 is 0. The van der Waals surface area contributed by atoms with Crippen LogP contribution in [0.3, 0.4) is 0 Å². The van der Waals surface area contributed by atoms with Gasteiger partial charge in [-0.05, 0) is 57.3 Å². The van der Waals surface area contributed by atoms with E-state index in [-0.39, 0.29) is 43.0 Å². The van der Waals surface area contributed by atoms with Gasteiger partial charge in [0.05, 0.1) is 31.2 Å². The molecular weight excluding hydrogens is 484 g/mol. The number of rotatable bonds is 11. The smallest absolute Gasteiger partial charge is 0.314 e. The van der Waals surface area contributed by atoms with Crippen molar-refractivity contribution in [3.8, 4) is 0 Å². The third kappa shape index (κ3) is 7.08. The van der Waals surface area contributed by atoms with Gasteiger partial charge >= 0.3 is 11.9 Å². The molecule has 3 aliphatic carbocycles. The van der Waals surface area contributed by atoms with Crippen LogP contribution in [0.5, 0.6) is 0 Å². The van der Waals surface area contributed by atoms with E-state index in [2.05, 4.69) is 4.89 Å². The largest absolute Gasteiger partial charge is 0.481 e. The number of nitro groups is 2. The lowest BCUT2D eigenvalue weighted by atomic mass is 9.76. The Labute approximate surface area is 207 Å². The summed E-state index contributed by atoms with van der Waals surface area (Å²) in [5.74, 6) is -5.18. The Bertz CT molecular complexity index is 787. The number of hydrogen-bond donors (Lipinski definition) is 2. The SMILES string of the molecule is O=C(OC1CCC(OOCC2CCCC([N+](=O)[O-])C2COO)CC1)C1CCCC([N+](=O)[O-])C1C(=O)O. The first-order valence-electron chi connectivity index (χ1n) is 12.5. The molecule has 6 unspecified atom stereocenters. The molecule has 0 aromatic rings. The van der Waals surface area contributed by atoms with E-state index in [1.165, 1.54) is 0 Å². The van der Waals surface area contributed by atoms with Crippen LogP contribution in [0.2, 0.25) is 0 Å².